The third-order valence-electron chi connectivity index (χ3n) is 3.26. The monoisotopic (exact) mass is 311 g/mol. The molecule has 0 N–H and O–H groups in total. The molecule has 23 heavy (non-hydrogen) atoms. The molecule has 0 aliphatic carbocycles. The molecule has 0 fully saturated rings. The Kier molecular flexibility index (Phi) is 5.25. The Bertz CT molecular complexity index is 733. The van der Waals surface area contributed by atoms with Crippen LogP contribution in [0, 0.1) is 10.1 Å². The smallest absolute Gasteiger partial charge is 0.336 e. The van der Waals surface area contributed by atoms with E-state index in [4.69, 9.17) is 4.74 Å². The summed E-state index contributed by atoms with van der Waals surface area (Å²) in [6.45, 7) is 4.17. The van der Waals surface area contributed by atoms with Crippen LogP contribution in [-0.4, -0.2) is 10.9 Å². The van der Waals surface area contributed by atoms with Crippen LogP contribution < -0.4 is 4.74 Å². The number of rotatable bonds is 5. The van der Waals surface area contributed by atoms with Crippen molar-refractivity contribution in [3.63, 3.8) is 0 Å². The lowest BCUT2D eigenvalue weighted by Gasteiger charge is -2.06. The Morgan fingerprint density at radius 3 is 2.48 bits per heavy atom. The average Bonchev–Trinajstić information content (AvgIpc) is 2.53. The van der Waals surface area contributed by atoms with Crippen molar-refractivity contribution in [2.24, 2.45) is 0 Å². The van der Waals surface area contributed by atoms with Gasteiger partial charge < -0.3 is 4.74 Å². The number of nitro benzene ring substituents is 1. The summed E-state index contributed by atoms with van der Waals surface area (Å²) < 4.78 is 5.19. The van der Waals surface area contributed by atoms with E-state index in [0.717, 1.165) is 5.56 Å². The van der Waals surface area contributed by atoms with Gasteiger partial charge in [-0.1, -0.05) is 38.1 Å². The maximum Gasteiger partial charge on any atom is 0.336 e. The second-order valence-electron chi connectivity index (χ2n) is 5.33. The van der Waals surface area contributed by atoms with E-state index in [2.05, 4.69) is 13.8 Å². The number of benzene rings is 2. The maximum atomic E-state index is 11.8. The number of non-ortho nitro benzene ring substituents is 1. The summed E-state index contributed by atoms with van der Waals surface area (Å²) in [6.07, 6.45) is 2.73. The van der Waals surface area contributed by atoms with E-state index in [9.17, 15) is 14.9 Å². The van der Waals surface area contributed by atoms with Crippen molar-refractivity contribution < 1.29 is 14.5 Å². The fourth-order valence-corrected chi connectivity index (χ4v) is 1.98. The van der Waals surface area contributed by atoms with Crippen molar-refractivity contribution in [2.45, 2.75) is 19.8 Å². The average molecular weight is 311 g/mol. The summed E-state index contributed by atoms with van der Waals surface area (Å²) in [7, 11) is 0. The van der Waals surface area contributed by atoms with Crippen LogP contribution in [0.2, 0.25) is 0 Å². The summed E-state index contributed by atoms with van der Waals surface area (Å²) in [5.74, 6) is 0.338. The van der Waals surface area contributed by atoms with Crippen molar-refractivity contribution >= 4 is 17.7 Å². The first-order valence-corrected chi connectivity index (χ1v) is 7.20. The zero-order valence-electron chi connectivity index (χ0n) is 12.9. The highest BCUT2D eigenvalue weighted by molar-refractivity contribution is 5.88. The molecular formula is C18H17NO4. The number of esters is 1. The van der Waals surface area contributed by atoms with Crippen molar-refractivity contribution in [3.05, 3.63) is 75.8 Å². The molecule has 5 heteroatoms. The molecule has 0 radical (unpaired) electrons. The van der Waals surface area contributed by atoms with Gasteiger partial charge in [-0.05, 0) is 35.3 Å². The Morgan fingerprint density at radius 2 is 1.87 bits per heavy atom. The Morgan fingerprint density at radius 1 is 1.17 bits per heavy atom. The number of carbonyl (C=O) groups is 1. The highest BCUT2D eigenvalue weighted by Crippen LogP contribution is 2.19. The SMILES string of the molecule is CC(C)c1ccc(OC(=O)C=Cc2cccc([N+](=O)[O-])c2)cc1. The van der Waals surface area contributed by atoms with Crippen molar-refractivity contribution in [2.75, 3.05) is 0 Å². The largest absolute Gasteiger partial charge is 0.423 e. The molecule has 2 aromatic rings. The molecule has 2 aromatic carbocycles. The van der Waals surface area contributed by atoms with Gasteiger partial charge in [-0.15, -0.1) is 0 Å². The molecule has 0 bridgehead atoms. The predicted octanol–water partition coefficient (Wildman–Crippen LogP) is 4.34. The van der Waals surface area contributed by atoms with Gasteiger partial charge in [-0.2, -0.15) is 0 Å². The van der Waals surface area contributed by atoms with E-state index < -0.39 is 10.9 Å². The van der Waals surface area contributed by atoms with E-state index in [0.29, 0.717) is 17.2 Å². The molecule has 0 saturated carbocycles. The Balaban J connectivity index is 2.01. The Labute approximate surface area is 134 Å². The first-order chi connectivity index (χ1) is 11.0. The number of nitrogens with zero attached hydrogens (tertiary/aromatic N) is 1. The van der Waals surface area contributed by atoms with Gasteiger partial charge in [-0.25, -0.2) is 4.79 Å². The van der Waals surface area contributed by atoms with E-state index in [-0.39, 0.29) is 5.69 Å². The molecule has 0 heterocycles. The van der Waals surface area contributed by atoms with Crippen molar-refractivity contribution in [1.29, 1.82) is 0 Å². The number of carbonyl (C=O) groups excluding carboxylic acids is 1. The van der Waals surface area contributed by atoms with Crippen molar-refractivity contribution in [1.82, 2.24) is 0 Å². The number of hydrogen-bond acceptors (Lipinski definition) is 4. The molecule has 0 atom stereocenters. The minimum Gasteiger partial charge on any atom is -0.423 e. The van der Waals surface area contributed by atoms with Crippen LogP contribution in [0.25, 0.3) is 6.08 Å². The van der Waals surface area contributed by atoms with Gasteiger partial charge >= 0.3 is 5.97 Å². The van der Waals surface area contributed by atoms with Gasteiger partial charge in [0.25, 0.3) is 5.69 Å². The molecule has 0 aliphatic heterocycles. The van der Waals surface area contributed by atoms with Crippen molar-refractivity contribution in [3.8, 4) is 5.75 Å². The molecule has 0 aliphatic rings. The van der Waals surface area contributed by atoms with Gasteiger partial charge in [0, 0.05) is 18.2 Å². The van der Waals surface area contributed by atoms with Gasteiger partial charge in [0.05, 0.1) is 4.92 Å². The first kappa shape index (κ1) is 16.4. The molecule has 0 amide bonds. The van der Waals surface area contributed by atoms with Crippen LogP contribution >= 0.6 is 0 Å². The molecule has 2 rings (SSSR count). The zero-order valence-corrected chi connectivity index (χ0v) is 12.9. The number of hydrogen-bond donors (Lipinski definition) is 0. The minimum absolute atomic E-state index is 0.0233. The summed E-state index contributed by atoms with van der Waals surface area (Å²) in [6, 6.07) is 13.3. The molecule has 118 valence electrons. The van der Waals surface area contributed by atoms with E-state index in [1.54, 1.807) is 24.3 Å². The first-order valence-electron chi connectivity index (χ1n) is 7.20. The third-order valence-corrected chi connectivity index (χ3v) is 3.26. The molecule has 0 spiro atoms. The number of nitro groups is 1. The van der Waals surface area contributed by atoms with E-state index in [1.165, 1.54) is 24.3 Å². The molecular weight excluding hydrogens is 294 g/mol. The fraction of sp³-hybridized carbons (Fsp3) is 0.167. The van der Waals surface area contributed by atoms with Crippen LogP contribution in [0.15, 0.2) is 54.6 Å². The summed E-state index contributed by atoms with van der Waals surface area (Å²) in [5.41, 5.74) is 1.70. The van der Waals surface area contributed by atoms with Gasteiger partial charge in [0.2, 0.25) is 0 Å². The lowest BCUT2D eigenvalue weighted by molar-refractivity contribution is -0.384. The molecule has 0 unspecified atom stereocenters. The van der Waals surface area contributed by atoms with Gasteiger partial charge in [0.15, 0.2) is 0 Å². The van der Waals surface area contributed by atoms with Gasteiger partial charge in [-0.3, -0.25) is 10.1 Å². The lowest BCUT2D eigenvalue weighted by atomic mass is 10.0. The second-order valence-corrected chi connectivity index (χ2v) is 5.33. The second kappa shape index (κ2) is 7.35. The Hall–Kier alpha value is -2.95. The molecule has 0 saturated heterocycles. The summed E-state index contributed by atoms with van der Waals surface area (Å²) >= 11 is 0. The van der Waals surface area contributed by atoms with Gasteiger partial charge in [0.1, 0.15) is 5.75 Å². The fourth-order valence-electron chi connectivity index (χ4n) is 1.98. The van der Waals surface area contributed by atoms with E-state index >= 15 is 0 Å². The van der Waals surface area contributed by atoms with Crippen LogP contribution in [-0.2, 0) is 4.79 Å². The van der Waals surface area contributed by atoms with E-state index in [1.807, 2.05) is 12.1 Å². The third kappa shape index (κ3) is 4.78. The van der Waals surface area contributed by atoms with Crippen LogP contribution in [0.4, 0.5) is 5.69 Å². The molecule has 0 aromatic heterocycles. The normalized spacial score (nSPS) is 10.9. The number of ether oxygens (including phenoxy) is 1. The highest BCUT2D eigenvalue weighted by Gasteiger charge is 2.05. The molecule has 5 nitrogen and oxygen atoms in total. The zero-order chi connectivity index (χ0) is 16.8. The lowest BCUT2D eigenvalue weighted by Crippen LogP contribution is -2.03. The quantitative estimate of drug-likeness (QED) is 0.271. The van der Waals surface area contributed by atoms with Crippen LogP contribution in [0.1, 0.15) is 30.9 Å². The standard InChI is InChI=1S/C18H17NO4/c1-13(2)15-7-9-17(10-8-15)23-18(20)11-6-14-4-3-5-16(12-14)19(21)22/h3-13H,1-2H3. The maximum absolute atomic E-state index is 11.8. The van der Waals surface area contributed by atoms with Crippen LogP contribution in [0.3, 0.4) is 0 Å². The van der Waals surface area contributed by atoms with Crippen LogP contribution in [0.5, 0.6) is 5.75 Å². The summed E-state index contributed by atoms with van der Waals surface area (Å²) in [4.78, 5) is 22.0. The topological polar surface area (TPSA) is 69.4 Å². The summed E-state index contributed by atoms with van der Waals surface area (Å²) in [5, 5.41) is 10.7. The highest BCUT2D eigenvalue weighted by atomic mass is 16.6. The minimum atomic E-state index is -0.534. The predicted molar refractivity (Wildman–Crippen MR) is 88.3 cm³/mol.